The number of oxazole rings is 1. The number of carbonyl (C=O) groups excluding carboxylic acids is 2. The van der Waals surface area contributed by atoms with Crippen LogP contribution in [0.2, 0.25) is 0 Å². The molecule has 1 aromatic heterocycles. The van der Waals surface area contributed by atoms with E-state index in [-0.39, 0.29) is 17.1 Å². The lowest BCUT2D eigenvalue weighted by molar-refractivity contribution is -0.115. The first kappa shape index (κ1) is 15.7. The van der Waals surface area contributed by atoms with E-state index in [4.69, 9.17) is 4.42 Å². The molecule has 2 amide bonds. The van der Waals surface area contributed by atoms with Crippen LogP contribution in [0.4, 0.5) is 11.4 Å². The maximum absolute atomic E-state index is 12.5. The number of anilines is 2. The maximum Gasteiger partial charge on any atom is 0.255 e. The van der Waals surface area contributed by atoms with Gasteiger partial charge in [0, 0.05) is 29.1 Å². The molecule has 1 atom stereocenters. The van der Waals surface area contributed by atoms with Crippen LogP contribution in [0.15, 0.2) is 45.7 Å². The molecule has 3 aromatic rings. The third-order valence-electron chi connectivity index (χ3n) is 3.93. The minimum Gasteiger partial charge on any atom is -0.441 e. The maximum atomic E-state index is 12.5. The molecule has 0 spiro atoms. The van der Waals surface area contributed by atoms with Crippen LogP contribution in [0, 0.1) is 6.92 Å². The second kappa shape index (κ2) is 5.93. The van der Waals surface area contributed by atoms with E-state index < -0.39 is 0 Å². The Labute approximate surface area is 148 Å². The fourth-order valence-corrected chi connectivity index (χ4v) is 3.60. The molecular formula is C18H15N3O3S. The summed E-state index contributed by atoms with van der Waals surface area (Å²) in [5.41, 5.74) is 3.14. The van der Waals surface area contributed by atoms with Gasteiger partial charge in [0.15, 0.2) is 11.5 Å². The van der Waals surface area contributed by atoms with Gasteiger partial charge >= 0.3 is 0 Å². The van der Waals surface area contributed by atoms with E-state index in [0.29, 0.717) is 28.4 Å². The zero-order chi connectivity index (χ0) is 17.6. The van der Waals surface area contributed by atoms with E-state index in [1.807, 2.05) is 13.0 Å². The highest BCUT2D eigenvalue weighted by Gasteiger charge is 2.23. The standard InChI is InChI=1S/C18H15N3O3S/c1-9-17(22)21-14-7-11(3-6-16(14)25-9)18(23)20-12-4-5-13-15(8-12)24-10(2)19-13/h3-9H,1-2H3,(H,20,23)(H,21,22). The van der Waals surface area contributed by atoms with Crippen LogP contribution < -0.4 is 10.6 Å². The van der Waals surface area contributed by atoms with Gasteiger partial charge in [0.05, 0.1) is 10.9 Å². The molecule has 25 heavy (non-hydrogen) atoms. The normalized spacial score (nSPS) is 16.4. The van der Waals surface area contributed by atoms with Crippen molar-refractivity contribution in [2.75, 3.05) is 10.6 Å². The molecule has 4 rings (SSSR count). The highest BCUT2D eigenvalue weighted by Crippen LogP contribution is 2.36. The summed E-state index contributed by atoms with van der Waals surface area (Å²) in [7, 11) is 0. The minimum atomic E-state index is -0.253. The Kier molecular flexibility index (Phi) is 3.73. The summed E-state index contributed by atoms with van der Waals surface area (Å²) >= 11 is 1.48. The highest BCUT2D eigenvalue weighted by molar-refractivity contribution is 8.00. The smallest absolute Gasteiger partial charge is 0.255 e. The van der Waals surface area contributed by atoms with Crippen LogP contribution in [-0.4, -0.2) is 22.0 Å². The number of aryl methyl sites for hydroxylation is 1. The van der Waals surface area contributed by atoms with Gasteiger partial charge in [0.1, 0.15) is 5.52 Å². The average Bonchev–Trinajstić information content (AvgIpc) is 2.94. The van der Waals surface area contributed by atoms with E-state index in [2.05, 4.69) is 15.6 Å². The lowest BCUT2D eigenvalue weighted by atomic mass is 10.1. The highest BCUT2D eigenvalue weighted by atomic mass is 32.2. The molecule has 6 nitrogen and oxygen atoms in total. The van der Waals surface area contributed by atoms with Gasteiger partial charge in [0.25, 0.3) is 5.91 Å². The van der Waals surface area contributed by atoms with Crippen LogP contribution >= 0.6 is 11.8 Å². The molecular weight excluding hydrogens is 338 g/mol. The number of carbonyl (C=O) groups is 2. The van der Waals surface area contributed by atoms with Crippen molar-refractivity contribution in [1.29, 1.82) is 0 Å². The summed E-state index contributed by atoms with van der Waals surface area (Å²) in [6.45, 7) is 3.63. The van der Waals surface area contributed by atoms with E-state index in [9.17, 15) is 9.59 Å². The molecule has 1 aliphatic heterocycles. The zero-order valence-corrected chi connectivity index (χ0v) is 14.4. The molecule has 2 heterocycles. The van der Waals surface area contributed by atoms with Crippen molar-refractivity contribution in [2.45, 2.75) is 24.0 Å². The number of fused-ring (bicyclic) bond motifs is 2. The Morgan fingerprint density at radius 2 is 2.12 bits per heavy atom. The molecule has 0 bridgehead atoms. The molecule has 0 saturated heterocycles. The second-order valence-corrected chi connectivity index (χ2v) is 7.21. The summed E-state index contributed by atoms with van der Waals surface area (Å²) in [5, 5.41) is 5.54. The van der Waals surface area contributed by atoms with Crippen molar-refractivity contribution < 1.29 is 14.0 Å². The van der Waals surface area contributed by atoms with Crippen molar-refractivity contribution >= 4 is 46.1 Å². The SMILES string of the molecule is Cc1nc2ccc(NC(=O)c3ccc4c(c3)NC(=O)C(C)S4)cc2o1. The lowest BCUT2D eigenvalue weighted by Crippen LogP contribution is -2.26. The molecule has 2 N–H and O–H groups in total. The summed E-state index contributed by atoms with van der Waals surface area (Å²) in [6.07, 6.45) is 0. The van der Waals surface area contributed by atoms with Gasteiger partial charge in [-0.3, -0.25) is 9.59 Å². The summed E-state index contributed by atoms with van der Waals surface area (Å²) in [4.78, 5) is 29.5. The van der Waals surface area contributed by atoms with Gasteiger partial charge in [-0.25, -0.2) is 4.98 Å². The monoisotopic (exact) mass is 353 g/mol. The number of nitrogens with one attached hydrogen (secondary N) is 2. The first-order valence-electron chi connectivity index (χ1n) is 7.80. The second-order valence-electron chi connectivity index (χ2n) is 5.83. The van der Waals surface area contributed by atoms with Crippen LogP contribution in [-0.2, 0) is 4.79 Å². The molecule has 0 saturated carbocycles. The van der Waals surface area contributed by atoms with Gasteiger partial charge in [-0.1, -0.05) is 0 Å². The lowest BCUT2D eigenvalue weighted by Gasteiger charge is -2.21. The molecule has 0 aliphatic carbocycles. The Balaban J connectivity index is 1.58. The van der Waals surface area contributed by atoms with E-state index >= 15 is 0 Å². The number of hydrogen-bond acceptors (Lipinski definition) is 5. The fourth-order valence-electron chi connectivity index (χ4n) is 2.67. The van der Waals surface area contributed by atoms with Crippen molar-refractivity contribution in [3.63, 3.8) is 0 Å². The van der Waals surface area contributed by atoms with Crippen LogP contribution in [0.3, 0.4) is 0 Å². The molecule has 0 fully saturated rings. The van der Waals surface area contributed by atoms with Gasteiger partial charge in [0.2, 0.25) is 5.91 Å². The molecule has 1 aliphatic rings. The average molecular weight is 353 g/mol. The van der Waals surface area contributed by atoms with Gasteiger partial charge in [-0.15, -0.1) is 11.8 Å². The van der Waals surface area contributed by atoms with Crippen molar-refractivity contribution in [3.8, 4) is 0 Å². The van der Waals surface area contributed by atoms with Gasteiger partial charge in [-0.05, 0) is 37.3 Å². The Morgan fingerprint density at radius 1 is 1.28 bits per heavy atom. The number of rotatable bonds is 2. The minimum absolute atomic E-state index is 0.0544. The largest absolute Gasteiger partial charge is 0.441 e. The molecule has 0 radical (unpaired) electrons. The third-order valence-corrected chi connectivity index (χ3v) is 5.10. The number of amides is 2. The number of nitrogens with zero attached hydrogens (tertiary/aromatic N) is 1. The summed E-state index contributed by atoms with van der Waals surface area (Å²) in [5.74, 6) is 0.271. The Hall–Kier alpha value is -2.80. The number of aromatic nitrogens is 1. The predicted octanol–water partition coefficient (Wildman–Crippen LogP) is 3.82. The summed E-state index contributed by atoms with van der Waals surface area (Å²) in [6, 6.07) is 10.6. The zero-order valence-electron chi connectivity index (χ0n) is 13.6. The first-order valence-corrected chi connectivity index (χ1v) is 8.68. The van der Waals surface area contributed by atoms with Crippen LogP contribution in [0.5, 0.6) is 0 Å². The molecule has 7 heteroatoms. The van der Waals surface area contributed by atoms with Crippen molar-refractivity contribution in [3.05, 3.63) is 47.9 Å². The topological polar surface area (TPSA) is 84.2 Å². The molecule has 1 unspecified atom stereocenters. The number of thioether (sulfide) groups is 1. The van der Waals surface area contributed by atoms with E-state index in [0.717, 1.165) is 10.4 Å². The van der Waals surface area contributed by atoms with Crippen molar-refractivity contribution in [2.24, 2.45) is 0 Å². The summed E-state index contributed by atoms with van der Waals surface area (Å²) < 4.78 is 5.48. The van der Waals surface area contributed by atoms with E-state index in [1.54, 1.807) is 37.3 Å². The van der Waals surface area contributed by atoms with Crippen LogP contribution in [0.25, 0.3) is 11.1 Å². The van der Waals surface area contributed by atoms with Crippen molar-refractivity contribution in [1.82, 2.24) is 4.98 Å². The number of benzene rings is 2. The Bertz CT molecular complexity index is 1010. The third kappa shape index (κ3) is 2.98. The van der Waals surface area contributed by atoms with Gasteiger partial charge in [-0.2, -0.15) is 0 Å². The van der Waals surface area contributed by atoms with Crippen LogP contribution in [0.1, 0.15) is 23.2 Å². The molecule has 2 aromatic carbocycles. The van der Waals surface area contributed by atoms with E-state index in [1.165, 1.54) is 11.8 Å². The predicted molar refractivity (Wildman–Crippen MR) is 97.1 cm³/mol. The Morgan fingerprint density at radius 3 is 2.96 bits per heavy atom. The van der Waals surface area contributed by atoms with Gasteiger partial charge < -0.3 is 15.1 Å². The fraction of sp³-hybridized carbons (Fsp3) is 0.167. The first-order chi connectivity index (χ1) is 12.0. The number of hydrogen-bond donors (Lipinski definition) is 2. The quantitative estimate of drug-likeness (QED) is 0.732. The molecule has 126 valence electrons.